The molecule has 41 heavy (non-hydrogen) atoms. The van der Waals surface area contributed by atoms with Crippen molar-refractivity contribution in [1.82, 2.24) is 0 Å². The van der Waals surface area contributed by atoms with Crippen molar-refractivity contribution in [2.75, 3.05) is 19.6 Å². The Hall–Kier alpha value is -4.32. The Morgan fingerprint density at radius 2 is 1.90 bits per heavy atom. The van der Waals surface area contributed by atoms with Crippen LogP contribution < -0.4 is 10.2 Å². The number of ether oxygens (including phenoxy) is 3. The third kappa shape index (κ3) is 4.16. The van der Waals surface area contributed by atoms with Crippen LogP contribution in [0.5, 0.6) is 5.75 Å². The number of hydrogen-bond acceptors (Lipinski definition) is 9. The van der Waals surface area contributed by atoms with E-state index in [9.17, 15) is 22.0 Å². The summed E-state index contributed by atoms with van der Waals surface area (Å²) in [6.07, 6.45) is 6.21. The number of aliphatic imine (C=N–C) groups is 1. The van der Waals surface area contributed by atoms with Crippen LogP contribution in [0.4, 0.5) is 14.5 Å². The quantitative estimate of drug-likeness (QED) is 0.492. The van der Waals surface area contributed by atoms with Gasteiger partial charge in [0.05, 0.1) is 48.4 Å². The van der Waals surface area contributed by atoms with E-state index in [1.54, 1.807) is 37.9 Å². The summed E-state index contributed by atoms with van der Waals surface area (Å²) < 4.78 is 72.0. The van der Waals surface area contributed by atoms with E-state index in [1.807, 2.05) is 0 Å². The van der Waals surface area contributed by atoms with Crippen molar-refractivity contribution in [2.24, 2.45) is 16.0 Å². The lowest BCUT2D eigenvalue weighted by atomic mass is 9.72. The first-order valence-corrected chi connectivity index (χ1v) is 14.3. The number of methoxy groups -OCH3 is 2. The smallest absolute Gasteiger partial charge is 0.230 e. The van der Waals surface area contributed by atoms with Gasteiger partial charge in [-0.2, -0.15) is 5.10 Å². The molecule has 12 heteroatoms. The van der Waals surface area contributed by atoms with Gasteiger partial charge in [-0.25, -0.2) is 17.2 Å². The lowest BCUT2D eigenvalue weighted by Crippen LogP contribution is -2.27. The van der Waals surface area contributed by atoms with Gasteiger partial charge in [-0.3, -0.25) is 15.2 Å². The van der Waals surface area contributed by atoms with Gasteiger partial charge in [0.1, 0.15) is 17.6 Å². The number of halogens is 2. The van der Waals surface area contributed by atoms with E-state index in [0.717, 1.165) is 41.7 Å². The molecule has 6 rings (SSSR count). The molecule has 1 N–H and O–H groups in total. The fourth-order valence-electron chi connectivity index (χ4n) is 5.87. The monoisotopic (exact) mass is 581 g/mol. The SMILES string of the molecule is CO/C1=C/N=CC(c2ccc(OC)c3c2S(=O)(=O)/C(=N/Nc2ccc(F)c(F)c2)C3=O)C2=C3C1=COC3CCC2C. The topological polar surface area (TPSA) is 116 Å². The molecule has 0 spiro atoms. The van der Waals surface area contributed by atoms with E-state index in [4.69, 9.17) is 14.2 Å². The number of fused-ring (bicyclic) bond motifs is 1. The number of allylic oxidation sites excluding steroid dienone is 2. The number of hydrazone groups is 1. The molecule has 3 aliphatic heterocycles. The fraction of sp³-hybridized carbons (Fsp3) is 0.276. The van der Waals surface area contributed by atoms with Gasteiger partial charge in [0, 0.05) is 23.8 Å². The number of hydrogen-bond donors (Lipinski definition) is 1. The number of anilines is 1. The van der Waals surface area contributed by atoms with Crippen LogP contribution in [0.15, 0.2) is 80.3 Å². The van der Waals surface area contributed by atoms with Crippen LogP contribution in [0.3, 0.4) is 0 Å². The summed E-state index contributed by atoms with van der Waals surface area (Å²) in [7, 11) is -1.60. The van der Waals surface area contributed by atoms with Crippen molar-refractivity contribution in [1.29, 1.82) is 0 Å². The highest BCUT2D eigenvalue weighted by Gasteiger charge is 2.48. The number of carbonyl (C=O) groups is 1. The predicted octanol–water partition coefficient (Wildman–Crippen LogP) is 5.03. The predicted molar refractivity (Wildman–Crippen MR) is 147 cm³/mol. The summed E-state index contributed by atoms with van der Waals surface area (Å²) in [5, 5.41) is 3.06. The molecule has 2 aromatic rings. The zero-order valence-corrected chi connectivity index (χ0v) is 23.1. The molecule has 4 aliphatic rings. The normalized spacial score (nSPS) is 26.3. The molecule has 3 unspecified atom stereocenters. The van der Waals surface area contributed by atoms with Crippen molar-refractivity contribution in [3.05, 3.63) is 88.0 Å². The highest BCUT2D eigenvalue weighted by atomic mass is 32.2. The number of Topliss-reactive ketones (excluding diaryl/α,β-unsaturated/α-hetero) is 1. The zero-order valence-electron chi connectivity index (χ0n) is 22.3. The van der Waals surface area contributed by atoms with E-state index in [1.165, 1.54) is 13.2 Å². The molecule has 9 nitrogen and oxygen atoms in total. The molecule has 0 amide bonds. The lowest BCUT2D eigenvalue weighted by Gasteiger charge is -2.34. The summed E-state index contributed by atoms with van der Waals surface area (Å²) >= 11 is 0. The number of nitrogens with one attached hydrogen (secondary N) is 1. The van der Waals surface area contributed by atoms with E-state index < -0.39 is 38.2 Å². The number of sulfone groups is 1. The van der Waals surface area contributed by atoms with E-state index in [2.05, 4.69) is 22.4 Å². The maximum Gasteiger partial charge on any atom is 0.230 e. The van der Waals surface area contributed by atoms with Gasteiger partial charge in [-0.15, -0.1) is 0 Å². The molecule has 2 aromatic carbocycles. The van der Waals surface area contributed by atoms with Gasteiger partial charge in [-0.05, 0) is 48.1 Å². The van der Waals surface area contributed by atoms with E-state index in [0.29, 0.717) is 11.3 Å². The second-order valence-electron chi connectivity index (χ2n) is 10.0. The van der Waals surface area contributed by atoms with Crippen LogP contribution in [-0.2, 0) is 19.3 Å². The van der Waals surface area contributed by atoms with Crippen LogP contribution in [-0.4, -0.2) is 45.8 Å². The number of ketones is 1. The standard InChI is InChI=1S/C29H25F2N3O6S/c1-14-4-8-22-25-18(13-40-22)23(39-3)12-32-11-17(24(14)25)16-6-9-21(38-2)26-27(35)29(41(36,37)28(16)26)34-33-15-5-7-19(30)20(31)10-15/h5-7,9-14,17,22,33H,4,8H2,1-3H3/b23-12+,32-11?,34-29+. The molecule has 0 aromatic heterocycles. The Morgan fingerprint density at radius 1 is 1.10 bits per heavy atom. The van der Waals surface area contributed by atoms with Gasteiger partial charge in [0.2, 0.25) is 20.7 Å². The van der Waals surface area contributed by atoms with E-state index >= 15 is 0 Å². The van der Waals surface area contributed by atoms with Crippen LogP contribution in [0.2, 0.25) is 0 Å². The molecule has 0 fully saturated rings. The maximum absolute atomic E-state index is 14.0. The summed E-state index contributed by atoms with van der Waals surface area (Å²) in [4.78, 5) is 17.8. The lowest BCUT2D eigenvalue weighted by molar-refractivity contribution is 0.106. The van der Waals surface area contributed by atoms with Crippen molar-refractivity contribution < 1.29 is 36.2 Å². The minimum absolute atomic E-state index is 0.0370. The molecular weight excluding hydrogens is 556 g/mol. The average molecular weight is 582 g/mol. The fourth-order valence-corrected chi connectivity index (χ4v) is 7.54. The number of benzene rings is 2. The number of nitrogens with zero attached hydrogens (tertiary/aromatic N) is 2. The Balaban J connectivity index is 1.53. The van der Waals surface area contributed by atoms with Crippen molar-refractivity contribution >= 4 is 32.6 Å². The summed E-state index contributed by atoms with van der Waals surface area (Å²) in [5.41, 5.74) is 5.13. The van der Waals surface area contributed by atoms with E-state index in [-0.39, 0.29) is 33.9 Å². The summed E-state index contributed by atoms with van der Waals surface area (Å²) in [6, 6.07) is 6.01. The molecule has 0 radical (unpaired) electrons. The van der Waals surface area contributed by atoms with Crippen molar-refractivity contribution in [3.8, 4) is 5.75 Å². The molecule has 1 aliphatic carbocycles. The van der Waals surface area contributed by atoms with Gasteiger partial charge < -0.3 is 14.2 Å². The van der Waals surface area contributed by atoms with Crippen LogP contribution in [0, 0.1) is 17.6 Å². The van der Waals surface area contributed by atoms with Crippen molar-refractivity contribution in [3.63, 3.8) is 0 Å². The highest BCUT2D eigenvalue weighted by Crippen LogP contribution is 2.50. The molecule has 212 valence electrons. The Labute approximate surface area is 234 Å². The Morgan fingerprint density at radius 3 is 2.63 bits per heavy atom. The van der Waals surface area contributed by atoms with Crippen LogP contribution >= 0.6 is 0 Å². The first-order chi connectivity index (χ1) is 19.7. The van der Waals surface area contributed by atoms with Crippen molar-refractivity contribution in [2.45, 2.75) is 36.7 Å². The molecule has 0 bridgehead atoms. The third-order valence-electron chi connectivity index (χ3n) is 7.77. The molecule has 0 saturated carbocycles. The average Bonchev–Trinajstić information content (AvgIpc) is 3.45. The van der Waals surface area contributed by atoms with Gasteiger partial charge in [-0.1, -0.05) is 13.0 Å². The maximum atomic E-state index is 14.0. The molecule has 3 atom stereocenters. The molecular formula is C29H25F2N3O6S. The zero-order chi connectivity index (χ0) is 29.1. The number of carbonyl (C=O) groups excluding carboxylic acids is 1. The summed E-state index contributed by atoms with van der Waals surface area (Å²) in [5.74, 6) is -3.10. The van der Waals surface area contributed by atoms with Gasteiger partial charge in [0.15, 0.2) is 11.6 Å². The molecule has 0 saturated heterocycles. The second kappa shape index (κ2) is 9.95. The molecule has 3 heterocycles. The van der Waals surface area contributed by atoms with Crippen LogP contribution in [0.1, 0.15) is 41.6 Å². The minimum Gasteiger partial charge on any atom is -0.496 e. The van der Waals surface area contributed by atoms with Gasteiger partial charge in [0.25, 0.3) is 0 Å². The first kappa shape index (κ1) is 26.9. The number of rotatable bonds is 5. The second-order valence-corrected chi connectivity index (χ2v) is 11.8. The van der Waals surface area contributed by atoms with Crippen LogP contribution in [0.25, 0.3) is 0 Å². The first-order valence-electron chi connectivity index (χ1n) is 12.8. The highest BCUT2D eigenvalue weighted by molar-refractivity contribution is 8.09. The Kier molecular flexibility index (Phi) is 6.52. The largest absolute Gasteiger partial charge is 0.496 e. The summed E-state index contributed by atoms with van der Waals surface area (Å²) in [6.45, 7) is 2.06. The minimum atomic E-state index is -4.48. The Bertz CT molecular complexity index is 1760. The third-order valence-corrected chi connectivity index (χ3v) is 9.53. The van der Waals surface area contributed by atoms with Gasteiger partial charge >= 0.3 is 0 Å².